The van der Waals surface area contributed by atoms with Crippen molar-refractivity contribution in [1.82, 2.24) is 4.98 Å². The predicted octanol–water partition coefficient (Wildman–Crippen LogP) is 4.52. The minimum absolute atomic E-state index is 0.0576. The molecule has 26 heavy (non-hydrogen) atoms. The third kappa shape index (κ3) is 3.94. The number of aromatic nitrogens is 1. The van der Waals surface area contributed by atoms with Crippen molar-refractivity contribution in [1.29, 1.82) is 0 Å². The van der Waals surface area contributed by atoms with Crippen LogP contribution < -0.4 is 5.32 Å². The molecule has 0 atom stereocenters. The van der Waals surface area contributed by atoms with Gasteiger partial charge in [-0.2, -0.15) is 0 Å². The highest BCUT2D eigenvalue weighted by Crippen LogP contribution is 2.28. The maximum absolute atomic E-state index is 12.2. The standard InChI is InChI=1S/C19H17N3O3S/c1-12-7-8-15(13(2)9-12)16-11-26-19(20-16)21-18(23)10-14-5-3-4-6-17(14)22(24)25/h3-9,11H,10H2,1-2H3,(H,20,21,23). The SMILES string of the molecule is Cc1ccc(-c2csc(NC(=O)Cc3ccccc3[N+](=O)[O-])n2)c(C)c1. The fraction of sp³-hybridized carbons (Fsp3) is 0.158. The summed E-state index contributed by atoms with van der Waals surface area (Å²) in [6, 6.07) is 12.4. The number of aryl methyl sites for hydroxylation is 2. The number of thiazole rings is 1. The van der Waals surface area contributed by atoms with Crippen LogP contribution >= 0.6 is 11.3 Å². The highest BCUT2D eigenvalue weighted by Gasteiger charge is 2.16. The number of rotatable bonds is 5. The number of para-hydroxylation sites is 1. The molecule has 0 fully saturated rings. The number of nitro groups is 1. The zero-order valence-corrected chi connectivity index (χ0v) is 15.2. The zero-order valence-electron chi connectivity index (χ0n) is 14.4. The Kier molecular flexibility index (Phi) is 5.09. The first kappa shape index (κ1) is 17.8. The molecule has 6 nitrogen and oxygen atoms in total. The summed E-state index contributed by atoms with van der Waals surface area (Å²) in [5.74, 6) is -0.333. The molecular formula is C19H17N3O3S. The molecule has 3 aromatic rings. The van der Waals surface area contributed by atoms with Crippen LogP contribution in [-0.2, 0) is 11.2 Å². The molecule has 7 heteroatoms. The quantitative estimate of drug-likeness (QED) is 0.531. The summed E-state index contributed by atoms with van der Waals surface area (Å²) in [7, 11) is 0. The van der Waals surface area contributed by atoms with E-state index in [-0.39, 0.29) is 18.0 Å². The number of anilines is 1. The molecule has 1 amide bonds. The van der Waals surface area contributed by atoms with E-state index in [1.54, 1.807) is 18.2 Å². The fourth-order valence-corrected chi connectivity index (χ4v) is 3.46. The molecule has 0 spiro atoms. The normalized spacial score (nSPS) is 10.5. The van der Waals surface area contributed by atoms with E-state index >= 15 is 0 Å². The maximum Gasteiger partial charge on any atom is 0.273 e. The molecule has 0 radical (unpaired) electrons. The number of nitrogens with zero attached hydrogens (tertiary/aromatic N) is 2. The molecule has 0 aliphatic rings. The van der Waals surface area contributed by atoms with Gasteiger partial charge in [0.1, 0.15) is 0 Å². The Balaban J connectivity index is 1.73. The smallest absolute Gasteiger partial charge is 0.273 e. The Morgan fingerprint density at radius 3 is 2.73 bits per heavy atom. The second-order valence-corrected chi connectivity index (χ2v) is 6.83. The van der Waals surface area contributed by atoms with E-state index in [1.165, 1.54) is 23.0 Å². The lowest BCUT2D eigenvalue weighted by atomic mass is 10.0. The number of nitro benzene ring substituents is 1. The molecular weight excluding hydrogens is 350 g/mol. The van der Waals surface area contributed by atoms with Crippen molar-refractivity contribution in [3.63, 3.8) is 0 Å². The van der Waals surface area contributed by atoms with E-state index in [0.29, 0.717) is 10.7 Å². The van der Waals surface area contributed by atoms with Gasteiger partial charge in [-0.05, 0) is 19.4 Å². The van der Waals surface area contributed by atoms with Crippen molar-refractivity contribution in [3.8, 4) is 11.3 Å². The van der Waals surface area contributed by atoms with Gasteiger partial charge < -0.3 is 5.32 Å². The number of nitrogens with one attached hydrogen (secondary N) is 1. The molecule has 132 valence electrons. The summed E-state index contributed by atoms with van der Waals surface area (Å²) >= 11 is 1.33. The molecule has 2 aromatic carbocycles. The Morgan fingerprint density at radius 2 is 2.00 bits per heavy atom. The van der Waals surface area contributed by atoms with Crippen LogP contribution in [0, 0.1) is 24.0 Å². The first-order valence-electron chi connectivity index (χ1n) is 7.99. The van der Waals surface area contributed by atoms with Crippen LogP contribution in [0.5, 0.6) is 0 Å². The number of amides is 1. The largest absolute Gasteiger partial charge is 0.302 e. The molecule has 0 aliphatic heterocycles. The van der Waals surface area contributed by atoms with Gasteiger partial charge in [-0.3, -0.25) is 14.9 Å². The van der Waals surface area contributed by atoms with Gasteiger partial charge in [-0.1, -0.05) is 42.0 Å². The van der Waals surface area contributed by atoms with E-state index in [1.807, 2.05) is 31.4 Å². The van der Waals surface area contributed by atoms with E-state index in [9.17, 15) is 14.9 Å². The molecule has 3 rings (SSSR count). The zero-order chi connectivity index (χ0) is 18.7. The van der Waals surface area contributed by atoms with Crippen molar-refractivity contribution < 1.29 is 9.72 Å². The Bertz CT molecular complexity index is 982. The van der Waals surface area contributed by atoms with Crippen molar-refractivity contribution >= 4 is 28.1 Å². The van der Waals surface area contributed by atoms with E-state index < -0.39 is 4.92 Å². The highest BCUT2D eigenvalue weighted by molar-refractivity contribution is 7.14. The first-order valence-corrected chi connectivity index (χ1v) is 8.87. The van der Waals surface area contributed by atoms with Gasteiger partial charge in [0.05, 0.1) is 17.0 Å². The van der Waals surface area contributed by atoms with Gasteiger partial charge >= 0.3 is 0 Å². The minimum atomic E-state index is -0.482. The van der Waals surface area contributed by atoms with Gasteiger partial charge in [0.15, 0.2) is 5.13 Å². The number of carbonyl (C=O) groups is 1. The average Bonchev–Trinajstić information content (AvgIpc) is 3.03. The molecule has 0 saturated heterocycles. The van der Waals surface area contributed by atoms with Crippen LogP contribution in [-0.4, -0.2) is 15.8 Å². The first-order chi connectivity index (χ1) is 12.4. The van der Waals surface area contributed by atoms with Crippen LogP contribution in [0.4, 0.5) is 10.8 Å². The molecule has 1 heterocycles. The third-order valence-electron chi connectivity index (χ3n) is 3.95. The lowest BCUT2D eigenvalue weighted by Crippen LogP contribution is -2.15. The summed E-state index contributed by atoms with van der Waals surface area (Å²) in [4.78, 5) is 27.3. The lowest BCUT2D eigenvalue weighted by molar-refractivity contribution is -0.385. The van der Waals surface area contributed by atoms with Crippen molar-refractivity contribution in [2.75, 3.05) is 5.32 Å². The van der Waals surface area contributed by atoms with E-state index in [4.69, 9.17) is 0 Å². The topological polar surface area (TPSA) is 85.1 Å². The van der Waals surface area contributed by atoms with E-state index in [2.05, 4.69) is 16.4 Å². The number of hydrogen-bond donors (Lipinski definition) is 1. The van der Waals surface area contributed by atoms with Gasteiger partial charge in [0.25, 0.3) is 5.69 Å². The molecule has 0 bridgehead atoms. The van der Waals surface area contributed by atoms with Crippen molar-refractivity contribution in [2.45, 2.75) is 20.3 Å². The monoisotopic (exact) mass is 367 g/mol. The summed E-state index contributed by atoms with van der Waals surface area (Å²) < 4.78 is 0. The average molecular weight is 367 g/mol. The highest BCUT2D eigenvalue weighted by atomic mass is 32.1. The third-order valence-corrected chi connectivity index (χ3v) is 4.71. The second kappa shape index (κ2) is 7.45. The number of carbonyl (C=O) groups excluding carboxylic acids is 1. The Hall–Kier alpha value is -3.06. The number of hydrogen-bond acceptors (Lipinski definition) is 5. The van der Waals surface area contributed by atoms with Gasteiger partial charge in [0.2, 0.25) is 5.91 Å². The summed E-state index contributed by atoms with van der Waals surface area (Å²) in [6.07, 6.45) is -0.0738. The molecule has 0 saturated carbocycles. The van der Waals surface area contributed by atoms with Crippen molar-refractivity contribution in [3.05, 3.63) is 74.6 Å². The fourth-order valence-electron chi connectivity index (χ4n) is 2.73. The Labute approximate surface area is 154 Å². The molecule has 0 aliphatic carbocycles. The van der Waals surface area contributed by atoms with Gasteiger partial charge in [-0.25, -0.2) is 4.98 Å². The van der Waals surface area contributed by atoms with Crippen LogP contribution in [0.15, 0.2) is 47.8 Å². The van der Waals surface area contributed by atoms with E-state index in [0.717, 1.165) is 16.8 Å². The van der Waals surface area contributed by atoms with Gasteiger partial charge in [-0.15, -0.1) is 11.3 Å². The van der Waals surface area contributed by atoms with Crippen LogP contribution in [0.3, 0.4) is 0 Å². The number of benzene rings is 2. The van der Waals surface area contributed by atoms with Crippen LogP contribution in [0.2, 0.25) is 0 Å². The summed E-state index contributed by atoms with van der Waals surface area (Å²) in [5.41, 5.74) is 4.44. The molecule has 1 N–H and O–H groups in total. The Morgan fingerprint density at radius 1 is 1.23 bits per heavy atom. The summed E-state index contributed by atoms with van der Waals surface area (Å²) in [6.45, 7) is 4.06. The molecule has 1 aromatic heterocycles. The molecule has 0 unspecified atom stereocenters. The van der Waals surface area contributed by atoms with Crippen LogP contribution in [0.25, 0.3) is 11.3 Å². The van der Waals surface area contributed by atoms with Gasteiger partial charge in [0, 0.05) is 22.6 Å². The minimum Gasteiger partial charge on any atom is -0.302 e. The van der Waals surface area contributed by atoms with Crippen LogP contribution in [0.1, 0.15) is 16.7 Å². The predicted molar refractivity (Wildman–Crippen MR) is 102 cm³/mol. The maximum atomic E-state index is 12.2. The van der Waals surface area contributed by atoms with Crippen molar-refractivity contribution in [2.24, 2.45) is 0 Å². The summed E-state index contributed by atoms with van der Waals surface area (Å²) in [5, 5.41) is 16.1. The second-order valence-electron chi connectivity index (χ2n) is 5.97. The lowest BCUT2D eigenvalue weighted by Gasteiger charge is -2.04.